The summed E-state index contributed by atoms with van der Waals surface area (Å²) in [6.07, 6.45) is 0.866. The number of likely N-dealkylation sites (tertiary alicyclic amines) is 1. The van der Waals surface area contributed by atoms with E-state index < -0.39 is 10.0 Å². The van der Waals surface area contributed by atoms with Gasteiger partial charge in [-0.05, 0) is 50.7 Å². The van der Waals surface area contributed by atoms with Gasteiger partial charge in [-0.25, -0.2) is 13.1 Å². The molecule has 0 aromatic heterocycles. The molecule has 0 spiro atoms. The Labute approximate surface area is 117 Å². The van der Waals surface area contributed by atoms with Crippen molar-refractivity contribution >= 4 is 26.0 Å². The molecule has 1 aromatic carbocycles. The maximum Gasteiger partial charge on any atom is 0.240 e. The third-order valence-corrected chi connectivity index (χ3v) is 5.56. The van der Waals surface area contributed by atoms with Gasteiger partial charge in [0, 0.05) is 17.1 Å². The van der Waals surface area contributed by atoms with Crippen molar-refractivity contribution in [1.82, 2.24) is 9.62 Å². The Bertz CT molecular complexity index is 545. The third kappa shape index (κ3) is 3.12. The number of nitrogens with one attached hydrogen (secondary N) is 1. The molecule has 1 atom stereocenters. The van der Waals surface area contributed by atoms with Gasteiger partial charge >= 0.3 is 0 Å². The fraction of sp³-hybridized carbons (Fsp3) is 0.500. The molecule has 0 aliphatic carbocycles. The van der Waals surface area contributed by atoms with Crippen molar-refractivity contribution in [2.24, 2.45) is 0 Å². The zero-order valence-electron chi connectivity index (χ0n) is 10.5. The minimum atomic E-state index is -3.40. The van der Waals surface area contributed by atoms with Crippen molar-refractivity contribution in [1.29, 1.82) is 0 Å². The monoisotopic (exact) mass is 332 g/mol. The van der Waals surface area contributed by atoms with E-state index in [4.69, 9.17) is 0 Å². The number of aryl methyl sites for hydroxylation is 1. The average Bonchev–Trinajstić information content (AvgIpc) is 2.67. The number of sulfonamides is 1. The quantitative estimate of drug-likeness (QED) is 0.917. The second-order valence-electron chi connectivity index (χ2n) is 4.78. The molecule has 18 heavy (non-hydrogen) atoms. The maximum absolute atomic E-state index is 12.2. The summed E-state index contributed by atoms with van der Waals surface area (Å²) in [5, 5.41) is 0. The molecule has 1 aromatic rings. The molecule has 1 fully saturated rings. The first-order valence-electron chi connectivity index (χ1n) is 5.85. The van der Waals surface area contributed by atoms with Crippen LogP contribution < -0.4 is 4.72 Å². The lowest BCUT2D eigenvalue weighted by Gasteiger charge is -2.14. The normalized spacial score (nSPS) is 21.4. The number of halogens is 1. The van der Waals surface area contributed by atoms with Crippen molar-refractivity contribution in [3.05, 3.63) is 28.2 Å². The summed E-state index contributed by atoms with van der Waals surface area (Å²) in [4.78, 5) is 2.46. The molecule has 0 amide bonds. The van der Waals surface area contributed by atoms with Crippen LogP contribution in [0.1, 0.15) is 12.0 Å². The highest BCUT2D eigenvalue weighted by atomic mass is 79.9. The SMILES string of the molecule is Cc1cc(S(=O)(=O)NC2CCN(C)C2)ccc1Br. The van der Waals surface area contributed by atoms with Crippen LogP contribution in [0.15, 0.2) is 27.6 Å². The molecule has 1 unspecified atom stereocenters. The summed E-state index contributed by atoms with van der Waals surface area (Å²) >= 11 is 3.37. The number of hydrogen-bond acceptors (Lipinski definition) is 3. The van der Waals surface area contributed by atoms with Crippen molar-refractivity contribution in [2.75, 3.05) is 20.1 Å². The predicted octanol–water partition coefficient (Wildman–Crippen LogP) is 1.74. The molecule has 1 N–H and O–H groups in total. The molecule has 0 radical (unpaired) electrons. The van der Waals surface area contributed by atoms with Crippen LogP contribution in [0.25, 0.3) is 0 Å². The van der Waals surface area contributed by atoms with Crippen LogP contribution in [0.5, 0.6) is 0 Å². The number of nitrogens with zero attached hydrogens (tertiary/aromatic N) is 1. The van der Waals surface area contributed by atoms with E-state index >= 15 is 0 Å². The minimum absolute atomic E-state index is 0.0175. The van der Waals surface area contributed by atoms with Gasteiger partial charge in [-0.2, -0.15) is 0 Å². The Morgan fingerprint density at radius 3 is 2.72 bits per heavy atom. The molecule has 1 aliphatic heterocycles. The lowest BCUT2D eigenvalue weighted by Crippen LogP contribution is -2.36. The van der Waals surface area contributed by atoms with Crippen LogP contribution in [-0.4, -0.2) is 39.5 Å². The Morgan fingerprint density at radius 1 is 1.44 bits per heavy atom. The molecule has 4 nitrogen and oxygen atoms in total. The van der Waals surface area contributed by atoms with E-state index in [1.807, 2.05) is 14.0 Å². The zero-order chi connectivity index (χ0) is 13.3. The average molecular weight is 333 g/mol. The van der Waals surface area contributed by atoms with Crippen molar-refractivity contribution in [2.45, 2.75) is 24.3 Å². The summed E-state index contributed by atoms with van der Waals surface area (Å²) in [5.74, 6) is 0. The minimum Gasteiger partial charge on any atom is -0.305 e. The lowest BCUT2D eigenvalue weighted by atomic mass is 10.2. The van der Waals surface area contributed by atoms with E-state index in [-0.39, 0.29) is 6.04 Å². The highest BCUT2D eigenvalue weighted by Crippen LogP contribution is 2.20. The number of hydrogen-bond donors (Lipinski definition) is 1. The van der Waals surface area contributed by atoms with Crippen LogP contribution in [0.4, 0.5) is 0 Å². The first-order chi connectivity index (χ1) is 8.38. The van der Waals surface area contributed by atoms with E-state index in [2.05, 4.69) is 25.6 Å². The van der Waals surface area contributed by atoms with Crippen LogP contribution in [0, 0.1) is 6.92 Å². The van der Waals surface area contributed by atoms with Gasteiger partial charge in [-0.1, -0.05) is 15.9 Å². The third-order valence-electron chi connectivity index (χ3n) is 3.15. The van der Waals surface area contributed by atoms with Crippen molar-refractivity contribution < 1.29 is 8.42 Å². The van der Waals surface area contributed by atoms with Crippen LogP contribution >= 0.6 is 15.9 Å². The molecule has 1 saturated heterocycles. The second kappa shape index (κ2) is 5.28. The lowest BCUT2D eigenvalue weighted by molar-refractivity contribution is 0.407. The van der Waals surface area contributed by atoms with Gasteiger partial charge in [0.15, 0.2) is 0 Å². The zero-order valence-corrected chi connectivity index (χ0v) is 12.9. The molecule has 1 heterocycles. The van der Waals surface area contributed by atoms with Gasteiger partial charge in [-0.15, -0.1) is 0 Å². The molecule has 1 aliphatic rings. The molecule has 2 rings (SSSR count). The topological polar surface area (TPSA) is 49.4 Å². The van der Waals surface area contributed by atoms with Crippen LogP contribution in [0.2, 0.25) is 0 Å². The van der Waals surface area contributed by atoms with Crippen LogP contribution in [0.3, 0.4) is 0 Å². The number of rotatable bonds is 3. The molecule has 0 saturated carbocycles. The molecular weight excluding hydrogens is 316 g/mol. The summed E-state index contributed by atoms with van der Waals surface area (Å²) in [6, 6.07) is 5.09. The summed E-state index contributed by atoms with van der Waals surface area (Å²) in [7, 11) is -1.41. The number of benzene rings is 1. The van der Waals surface area contributed by atoms with E-state index in [9.17, 15) is 8.42 Å². The summed E-state index contributed by atoms with van der Waals surface area (Å²) < 4.78 is 28.1. The fourth-order valence-electron chi connectivity index (χ4n) is 2.10. The fourth-order valence-corrected chi connectivity index (χ4v) is 3.70. The van der Waals surface area contributed by atoms with E-state index in [0.717, 1.165) is 29.5 Å². The summed E-state index contributed by atoms with van der Waals surface area (Å²) in [6.45, 7) is 3.59. The standard InChI is InChI=1S/C12H17BrN2O2S/c1-9-7-11(3-4-12(9)13)18(16,17)14-10-5-6-15(2)8-10/h3-4,7,10,14H,5-6,8H2,1-2H3. The molecule has 100 valence electrons. The number of likely N-dealkylation sites (N-methyl/N-ethyl adjacent to an activating group) is 1. The molecule has 0 bridgehead atoms. The van der Waals surface area contributed by atoms with E-state index in [0.29, 0.717) is 4.90 Å². The van der Waals surface area contributed by atoms with Gasteiger partial charge < -0.3 is 4.90 Å². The van der Waals surface area contributed by atoms with Crippen LogP contribution in [-0.2, 0) is 10.0 Å². The van der Waals surface area contributed by atoms with Crippen molar-refractivity contribution in [3.63, 3.8) is 0 Å². The van der Waals surface area contributed by atoms with Gasteiger partial charge in [0.25, 0.3) is 0 Å². The van der Waals surface area contributed by atoms with E-state index in [1.54, 1.807) is 18.2 Å². The highest BCUT2D eigenvalue weighted by molar-refractivity contribution is 9.10. The smallest absolute Gasteiger partial charge is 0.240 e. The highest BCUT2D eigenvalue weighted by Gasteiger charge is 2.25. The Hall–Kier alpha value is -0.430. The Kier molecular flexibility index (Phi) is 4.11. The van der Waals surface area contributed by atoms with Gasteiger partial charge in [0.2, 0.25) is 10.0 Å². The van der Waals surface area contributed by atoms with Gasteiger partial charge in [0.1, 0.15) is 0 Å². The van der Waals surface area contributed by atoms with E-state index in [1.165, 1.54) is 0 Å². The van der Waals surface area contributed by atoms with Crippen molar-refractivity contribution in [3.8, 4) is 0 Å². The molecular formula is C12H17BrN2O2S. The first kappa shape index (κ1) is 14.0. The largest absolute Gasteiger partial charge is 0.305 e. The first-order valence-corrected chi connectivity index (χ1v) is 8.13. The van der Waals surface area contributed by atoms with Gasteiger partial charge in [-0.3, -0.25) is 0 Å². The Balaban J connectivity index is 2.17. The second-order valence-corrected chi connectivity index (χ2v) is 7.35. The molecule has 6 heteroatoms. The predicted molar refractivity (Wildman–Crippen MR) is 75.1 cm³/mol. The Morgan fingerprint density at radius 2 is 2.17 bits per heavy atom. The maximum atomic E-state index is 12.2. The van der Waals surface area contributed by atoms with Gasteiger partial charge in [0.05, 0.1) is 4.90 Å². The summed E-state index contributed by atoms with van der Waals surface area (Å²) in [5.41, 5.74) is 0.918.